The molecule has 0 aliphatic carbocycles. The van der Waals surface area contributed by atoms with Crippen LogP contribution in [0.15, 0.2) is 36.5 Å². The highest BCUT2D eigenvalue weighted by Gasteiger charge is 2.17. The summed E-state index contributed by atoms with van der Waals surface area (Å²) in [6.07, 6.45) is 4.10. The van der Waals surface area contributed by atoms with Gasteiger partial charge in [0.05, 0.1) is 13.2 Å². The minimum Gasteiger partial charge on any atom is -0.497 e. The van der Waals surface area contributed by atoms with Crippen molar-refractivity contribution in [3.05, 3.63) is 42.2 Å². The van der Waals surface area contributed by atoms with Crippen LogP contribution >= 0.6 is 0 Å². The van der Waals surface area contributed by atoms with E-state index in [2.05, 4.69) is 15.7 Å². The van der Waals surface area contributed by atoms with E-state index in [0.717, 1.165) is 37.4 Å². The number of piperidine rings is 1. The number of amides is 1. The Morgan fingerprint density at radius 3 is 2.86 bits per heavy atom. The van der Waals surface area contributed by atoms with Crippen molar-refractivity contribution in [3.8, 4) is 5.75 Å². The number of hydrogen-bond donors (Lipinski definition) is 2. The molecule has 1 fully saturated rings. The fourth-order valence-corrected chi connectivity index (χ4v) is 2.59. The number of ether oxygens (including phenoxy) is 1. The normalized spacial score (nSPS) is 18.0. The molecule has 0 bridgehead atoms. The molecule has 1 atom stereocenters. The highest BCUT2D eigenvalue weighted by Crippen LogP contribution is 2.17. The first-order valence-electron chi connectivity index (χ1n) is 7.47. The summed E-state index contributed by atoms with van der Waals surface area (Å²) in [4.78, 5) is 12.2. The molecule has 116 valence electrons. The molecule has 1 unspecified atom stereocenters. The van der Waals surface area contributed by atoms with Gasteiger partial charge in [-0.3, -0.25) is 9.48 Å². The molecule has 3 rings (SSSR count). The molecule has 2 N–H and O–H groups in total. The summed E-state index contributed by atoms with van der Waals surface area (Å²) < 4.78 is 6.98. The number of carbonyl (C=O) groups excluding carboxylic acids is 1. The number of methoxy groups -OCH3 is 1. The largest absolute Gasteiger partial charge is 0.497 e. The second-order valence-electron chi connectivity index (χ2n) is 5.36. The minimum absolute atomic E-state index is 0.201. The lowest BCUT2D eigenvalue weighted by Crippen LogP contribution is -2.32. The summed E-state index contributed by atoms with van der Waals surface area (Å²) in [6.45, 7) is 1.96. The van der Waals surface area contributed by atoms with Gasteiger partial charge in [-0.1, -0.05) is 0 Å². The van der Waals surface area contributed by atoms with Crippen LogP contribution in [0.5, 0.6) is 5.75 Å². The lowest BCUT2D eigenvalue weighted by atomic mass is 10.1. The van der Waals surface area contributed by atoms with Crippen LogP contribution in [-0.4, -0.2) is 35.9 Å². The zero-order valence-electron chi connectivity index (χ0n) is 12.6. The first kappa shape index (κ1) is 14.6. The zero-order chi connectivity index (χ0) is 15.4. The van der Waals surface area contributed by atoms with E-state index in [1.54, 1.807) is 25.3 Å². The van der Waals surface area contributed by atoms with Gasteiger partial charge < -0.3 is 15.4 Å². The predicted molar refractivity (Wildman–Crippen MR) is 84.3 cm³/mol. The fourth-order valence-electron chi connectivity index (χ4n) is 2.59. The summed E-state index contributed by atoms with van der Waals surface area (Å²) in [6, 6.07) is 9.31. The third-order valence-electron chi connectivity index (χ3n) is 3.83. The van der Waals surface area contributed by atoms with Crippen LogP contribution in [0.3, 0.4) is 0 Å². The molecule has 6 heteroatoms. The molecule has 6 nitrogen and oxygen atoms in total. The molecule has 1 aromatic carbocycles. The van der Waals surface area contributed by atoms with Crippen LogP contribution < -0.4 is 15.4 Å². The van der Waals surface area contributed by atoms with Gasteiger partial charge in [-0.05, 0) is 49.7 Å². The van der Waals surface area contributed by atoms with Crippen molar-refractivity contribution in [2.45, 2.75) is 18.9 Å². The van der Waals surface area contributed by atoms with Crippen LogP contribution in [0.1, 0.15) is 29.4 Å². The summed E-state index contributed by atoms with van der Waals surface area (Å²) in [5.74, 6) is 0.555. The number of aromatic nitrogens is 2. The van der Waals surface area contributed by atoms with Gasteiger partial charge in [0.2, 0.25) is 0 Å². The fraction of sp³-hybridized carbons (Fsp3) is 0.375. The molecule has 1 aliphatic rings. The van der Waals surface area contributed by atoms with Gasteiger partial charge in [-0.25, -0.2) is 0 Å². The van der Waals surface area contributed by atoms with E-state index in [4.69, 9.17) is 4.74 Å². The first-order chi connectivity index (χ1) is 10.8. The summed E-state index contributed by atoms with van der Waals surface area (Å²) >= 11 is 0. The third kappa shape index (κ3) is 3.28. The monoisotopic (exact) mass is 300 g/mol. The van der Waals surface area contributed by atoms with Crippen molar-refractivity contribution in [2.75, 3.05) is 25.5 Å². The molecule has 0 saturated carbocycles. The molecule has 1 amide bonds. The van der Waals surface area contributed by atoms with Crippen LogP contribution in [0.4, 0.5) is 5.69 Å². The van der Waals surface area contributed by atoms with Crippen LogP contribution in [0.25, 0.3) is 0 Å². The standard InChI is InChI=1S/C16H20N4O2/c1-22-14-6-4-12(5-7-14)18-16(21)15-8-10-20(19-15)13-3-2-9-17-11-13/h4-8,10,13,17H,2-3,9,11H2,1H3,(H,18,21). The Bertz CT molecular complexity index is 630. The van der Waals surface area contributed by atoms with Crippen molar-refractivity contribution < 1.29 is 9.53 Å². The summed E-state index contributed by atoms with van der Waals surface area (Å²) in [5, 5.41) is 10.6. The number of rotatable bonds is 4. The Hall–Kier alpha value is -2.34. The third-order valence-corrected chi connectivity index (χ3v) is 3.83. The quantitative estimate of drug-likeness (QED) is 0.907. The first-order valence-corrected chi connectivity index (χ1v) is 7.47. The Morgan fingerprint density at radius 1 is 1.36 bits per heavy atom. The van der Waals surface area contributed by atoms with Gasteiger partial charge in [0.15, 0.2) is 5.69 Å². The topological polar surface area (TPSA) is 68.2 Å². The second kappa shape index (κ2) is 6.62. The van der Waals surface area contributed by atoms with E-state index in [1.165, 1.54) is 0 Å². The van der Waals surface area contributed by atoms with Crippen molar-refractivity contribution in [1.82, 2.24) is 15.1 Å². The van der Waals surface area contributed by atoms with E-state index in [1.807, 2.05) is 23.0 Å². The summed E-state index contributed by atoms with van der Waals surface area (Å²) in [7, 11) is 1.61. The van der Waals surface area contributed by atoms with Gasteiger partial charge in [0, 0.05) is 18.4 Å². The number of benzene rings is 1. The lowest BCUT2D eigenvalue weighted by molar-refractivity contribution is 0.102. The van der Waals surface area contributed by atoms with Crippen molar-refractivity contribution in [3.63, 3.8) is 0 Å². The zero-order valence-corrected chi connectivity index (χ0v) is 12.6. The minimum atomic E-state index is -0.201. The molecule has 1 aliphatic heterocycles. The molecule has 0 radical (unpaired) electrons. The smallest absolute Gasteiger partial charge is 0.276 e. The van der Waals surface area contributed by atoms with Crippen molar-refractivity contribution in [1.29, 1.82) is 0 Å². The highest BCUT2D eigenvalue weighted by molar-refractivity contribution is 6.02. The van der Waals surface area contributed by atoms with Crippen molar-refractivity contribution in [2.24, 2.45) is 0 Å². The molecular formula is C16H20N4O2. The second-order valence-corrected chi connectivity index (χ2v) is 5.36. The Labute approximate surface area is 129 Å². The SMILES string of the molecule is COc1ccc(NC(=O)c2ccn(C3CCCNC3)n2)cc1. The Balaban J connectivity index is 1.65. The van der Waals surface area contributed by atoms with E-state index in [-0.39, 0.29) is 5.91 Å². The number of nitrogens with one attached hydrogen (secondary N) is 2. The number of nitrogens with zero attached hydrogens (tertiary/aromatic N) is 2. The summed E-state index contributed by atoms with van der Waals surface area (Å²) in [5.41, 5.74) is 1.15. The average molecular weight is 300 g/mol. The van der Waals surface area contributed by atoms with E-state index < -0.39 is 0 Å². The molecule has 2 heterocycles. The average Bonchev–Trinajstić information content (AvgIpc) is 3.06. The number of carbonyl (C=O) groups is 1. The molecule has 2 aromatic rings. The maximum absolute atomic E-state index is 12.2. The number of hydrogen-bond acceptors (Lipinski definition) is 4. The van der Waals surface area contributed by atoms with Gasteiger partial charge in [-0.15, -0.1) is 0 Å². The van der Waals surface area contributed by atoms with E-state index >= 15 is 0 Å². The van der Waals surface area contributed by atoms with Gasteiger partial charge in [0.25, 0.3) is 5.91 Å². The maximum atomic E-state index is 12.2. The Morgan fingerprint density at radius 2 is 2.18 bits per heavy atom. The van der Waals surface area contributed by atoms with Gasteiger partial charge in [-0.2, -0.15) is 5.10 Å². The van der Waals surface area contributed by atoms with Crippen LogP contribution in [0, 0.1) is 0 Å². The number of anilines is 1. The predicted octanol–water partition coefficient (Wildman–Crippen LogP) is 2.07. The van der Waals surface area contributed by atoms with Crippen LogP contribution in [-0.2, 0) is 0 Å². The molecule has 22 heavy (non-hydrogen) atoms. The van der Waals surface area contributed by atoms with Crippen LogP contribution in [0.2, 0.25) is 0 Å². The van der Waals surface area contributed by atoms with Gasteiger partial charge >= 0.3 is 0 Å². The molecule has 0 spiro atoms. The Kier molecular flexibility index (Phi) is 4.39. The molecule has 1 aromatic heterocycles. The highest BCUT2D eigenvalue weighted by atomic mass is 16.5. The van der Waals surface area contributed by atoms with Gasteiger partial charge in [0.1, 0.15) is 5.75 Å². The molecular weight excluding hydrogens is 280 g/mol. The van der Waals surface area contributed by atoms with E-state index in [9.17, 15) is 4.79 Å². The van der Waals surface area contributed by atoms with Crippen molar-refractivity contribution >= 4 is 11.6 Å². The van der Waals surface area contributed by atoms with E-state index in [0.29, 0.717) is 11.7 Å². The molecule has 1 saturated heterocycles. The maximum Gasteiger partial charge on any atom is 0.276 e. The lowest BCUT2D eigenvalue weighted by Gasteiger charge is -2.22.